The first kappa shape index (κ1) is 21.6. The van der Waals surface area contributed by atoms with Crippen LogP contribution in [0.1, 0.15) is 30.4 Å². The molecule has 4 aliphatic rings. The molecular formula is C24H26F3N5O2. The molecule has 34 heavy (non-hydrogen) atoms. The molecule has 6 rings (SSSR count). The molecule has 1 amide bonds. The van der Waals surface area contributed by atoms with Crippen LogP contribution in [0.25, 0.3) is 0 Å². The van der Waals surface area contributed by atoms with Crippen LogP contribution in [0.2, 0.25) is 0 Å². The average Bonchev–Trinajstić information content (AvgIpc) is 3.37. The molecule has 0 N–H and O–H groups in total. The Kier molecular flexibility index (Phi) is 4.98. The van der Waals surface area contributed by atoms with Crippen LogP contribution in [0.15, 0.2) is 42.7 Å². The predicted molar refractivity (Wildman–Crippen MR) is 117 cm³/mol. The fourth-order valence-corrected chi connectivity index (χ4v) is 6.07. The maximum Gasteiger partial charge on any atom is 0.419 e. The van der Waals surface area contributed by atoms with Crippen molar-refractivity contribution in [2.24, 2.45) is 5.41 Å². The number of aromatic nitrogens is 2. The van der Waals surface area contributed by atoms with E-state index in [0.717, 1.165) is 51.3 Å². The van der Waals surface area contributed by atoms with Crippen LogP contribution in [-0.4, -0.2) is 70.2 Å². The Morgan fingerprint density at radius 3 is 2.38 bits per heavy atom. The molecule has 1 aliphatic carbocycles. The summed E-state index contributed by atoms with van der Waals surface area (Å²) in [5.41, 5.74) is 0.749. The van der Waals surface area contributed by atoms with Crippen LogP contribution in [0.5, 0.6) is 0 Å². The molecule has 4 heterocycles. The second kappa shape index (κ2) is 7.83. The number of hydrogen-bond donors (Lipinski definition) is 0. The van der Waals surface area contributed by atoms with Crippen LogP contribution in [-0.2, 0) is 17.5 Å². The van der Waals surface area contributed by atoms with Crippen molar-refractivity contribution in [1.29, 1.82) is 0 Å². The van der Waals surface area contributed by atoms with Gasteiger partial charge >= 0.3 is 12.3 Å². The number of anilines is 1. The van der Waals surface area contributed by atoms with Gasteiger partial charge in [-0.25, -0.2) is 14.8 Å². The van der Waals surface area contributed by atoms with Crippen molar-refractivity contribution < 1.29 is 22.7 Å². The van der Waals surface area contributed by atoms with E-state index in [1.54, 1.807) is 4.90 Å². The third kappa shape index (κ3) is 3.87. The number of benzene rings is 1. The number of piperazine rings is 1. The molecule has 180 valence electrons. The second-order valence-corrected chi connectivity index (χ2v) is 10.2. The van der Waals surface area contributed by atoms with Gasteiger partial charge in [-0.2, -0.15) is 13.2 Å². The number of carbonyl (C=O) groups excluding carboxylic acids is 1. The summed E-state index contributed by atoms with van der Waals surface area (Å²) >= 11 is 0. The molecule has 3 saturated heterocycles. The number of hydrogen-bond acceptors (Lipinski definition) is 6. The molecule has 2 aromatic rings. The monoisotopic (exact) mass is 473 g/mol. The maximum absolute atomic E-state index is 12.8. The highest BCUT2D eigenvalue weighted by Crippen LogP contribution is 2.50. The van der Waals surface area contributed by atoms with Gasteiger partial charge < -0.3 is 14.5 Å². The van der Waals surface area contributed by atoms with Gasteiger partial charge in [0.15, 0.2) is 0 Å². The fourth-order valence-electron chi connectivity index (χ4n) is 6.07. The molecule has 10 heteroatoms. The number of nitrogens with zero attached hydrogens (tertiary/aromatic N) is 5. The highest BCUT2D eigenvalue weighted by atomic mass is 19.4. The zero-order valence-electron chi connectivity index (χ0n) is 18.6. The Balaban J connectivity index is 0.963. The smallest absolute Gasteiger partial charge is 0.419 e. The summed E-state index contributed by atoms with van der Waals surface area (Å²) in [7, 11) is 0. The van der Waals surface area contributed by atoms with E-state index < -0.39 is 11.7 Å². The molecule has 1 spiro atoms. The average molecular weight is 473 g/mol. The zero-order chi connectivity index (χ0) is 23.5. The molecule has 1 aromatic carbocycles. The number of amides is 1. The Labute approximate surface area is 195 Å². The van der Waals surface area contributed by atoms with E-state index in [1.807, 2.05) is 11.0 Å². The minimum Gasteiger partial charge on any atom is -0.446 e. The molecule has 2 atom stereocenters. The van der Waals surface area contributed by atoms with Crippen LogP contribution in [0, 0.1) is 5.41 Å². The van der Waals surface area contributed by atoms with Gasteiger partial charge in [-0.15, -0.1) is 0 Å². The van der Waals surface area contributed by atoms with E-state index in [2.05, 4.69) is 39.1 Å². The lowest BCUT2D eigenvalue weighted by atomic mass is 9.61. The third-order valence-corrected chi connectivity index (χ3v) is 7.65. The number of ether oxygens (including phenoxy) is 1. The van der Waals surface area contributed by atoms with Crippen molar-refractivity contribution in [2.75, 3.05) is 31.1 Å². The molecule has 7 nitrogen and oxygen atoms in total. The van der Waals surface area contributed by atoms with Crippen LogP contribution in [0.4, 0.5) is 23.9 Å². The molecule has 1 saturated carbocycles. The molecular weight excluding hydrogens is 447 g/mol. The second-order valence-electron chi connectivity index (χ2n) is 10.2. The molecule has 0 unspecified atom stereocenters. The zero-order valence-corrected chi connectivity index (χ0v) is 18.6. The number of likely N-dealkylation sites (tertiary alicyclic amines) is 2. The minimum absolute atomic E-state index is 0.000182. The van der Waals surface area contributed by atoms with Gasteiger partial charge in [-0.1, -0.05) is 30.3 Å². The molecule has 2 bridgehead atoms. The van der Waals surface area contributed by atoms with Crippen LogP contribution >= 0.6 is 0 Å². The Bertz CT molecular complexity index is 1050. The van der Waals surface area contributed by atoms with E-state index in [9.17, 15) is 18.0 Å². The van der Waals surface area contributed by atoms with Crippen molar-refractivity contribution in [3.05, 3.63) is 53.9 Å². The van der Waals surface area contributed by atoms with Crippen molar-refractivity contribution in [2.45, 2.75) is 50.2 Å². The Morgan fingerprint density at radius 1 is 1.06 bits per heavy atom. The summed E-state index contributed by atoms with van der Waals surface area (Å²) in [6, 6.07) is 10.4. The van der Waals surface area contributed by atoms with Gasteiger partial charge in [0, 0.05) is 50.5 Å². The van der Waals surface area contributed by atoms with E-state index in [-0.39, 0.29) is 30.2 Å². The lowest BCUT2D eigenvalue weighted by molar-refractivity contribution is -0.138. The summed E-state index contributed by atoms with van der Waals surface area (Å²) in [6.07, 6.45) is -0.552. The van der Waals surface area contributed by atoms with Crippen LogP contribution < -0.4 is 4.90 Å². The van der Waals surface area contributed by atoms with Crippen molar-refractivity contribution >= 4 is 12.0 Å². The molecule has 0 radical (unpaired) electrons. The summed E-state index contributed by atoms with van der Waals surface area (Å²) in [5, 5.41) is 0. The molecule has 1 aromatic heterocycles. The highest BCUT2D eigenvalue weighted by molar-refractivity contribution is 5.70. The number of rotatable bonds is 4. The quantitative estimate of drug-likeness (QED) is 0.677. The SMILES string of the molecule is O=C(OC1CC2(C1)CN(Cc1ccccc1)C2)N1C[C@H]2C[C@@H]1CN2c1ncc(C(F)(F)F)cn1. The highest BCUT2D eigenvalue weighted by Gasteiger charge is 2.54. The van der Waals surface area contributed by atoms with Crippen molar-refractivity contribution in [3.63, 3.8) is 0 Å². The summed E-state index contributed by atoms with van der Waals surface area (Å²) in [6.45, 7) is 4.05. The number of alkyl halides is 3. The van der Waals surface area contributed by atoms with Gasteiger partial charge in [0.2, 0.25) is 5.95 Å². The van der Waals surface area contributed by atoms with Gasteiger partial charge in [0.25, 0.3) is 0 Å². The molecule has 3 aliphatic heterocycles. The maximum atomic E-state index is 12.8. The largest absolute Gasteiger partial charge is 0.446 e. The van der Waals surface area contributed by atoms with Gasteiger partial charge in [0.1, 0.15) is 6.10 Å². The summed E-state index contributed by atoms with van der Waals surface area (Å²) in [5.74, 6) is 0.277. The van der Waals surface area contributed by atoms with E-state index in [0.29, 0.717) is 18.5 Å². The lowest BCUT2D eigenvalue weighted by Crippen LogP contribution is -2.64. The van der Waals surface area contributed by atoms with E-state index in [1.165, 1.54) is 5.56 Å². The topological polar surface area (TPSA) is 61.8 Å². The summed E-state index contributed by atoms with van der Waals surface area (Å²) < 4.78 is 44.1. The number of fused-ring (bicyclic) bond motifs is 2. The Morgan fingerprint density at radius 2 is 1.76 bits per heavy atom. The lowest BCUT2D eigenvalue weighted by Gasteiger charge is -2.58. The fraction of sp³-hybridized carbons (Fsp3) is 0.542. The van der Waals surface area contributed by atoms with Gasteiger partial charge in [-0.3, -0.25) is 4.90 Å². The summed E-state index contributed by atoms with van der Waals surface area (Å²) in [4.78, 5) is 26.7. The predicted octanol–water partition coefficient (Wildman–Crippen LogP) is 3.56. The third-order valence-electron chi connectivity index (χ3n) is 7.65. The first-order chi connectivity index (χ1) is 16.3. The van der Waals surface area contributed by atoms with Crippen molar-refractivity contribution in [3.8, 4) is 0 Å². The number of carbonyl (C=O) groups is 1. The van der Waals surface area contributed by atoms with Crippen LogP contribution in [0.3, 0.4) is 0 Å². The van der Waals surface area contributed by atoms with E-state index >= 15 is 0 Å². The van der Waals surface area contributed by atoms with Gasteiger partial charge in [-0.05, 0) is 24.8 Å². The minimum atomic E-state index is -4.46. The van der Waals surface area contributed by atoms with Gasteiger partial charge in [0.05, 0.1) is 17.6 Å². The number of halogens is 3. The molecule has 4 fully saturated rings. The van der Waals surface area contributed by atoms with Crippen molar-refractivity contribution in [1.82, 2.24) is 19.8 Å². The first-order valence-electron chi connectivity index (χ1n) is 11.7. The van der Waals surface area contributed by atoms with E-state index in [4.69, 9.17) is 4.74 Å². The normalized spacial score (nSPS) is 26.0. The Hall–Kier alpha value is -2.88. The standard InChI is InChI=1S/C24H26F3N5O2/c25-24(26,27)17-9-28-21(29-10-17)31-12-19-6-18(31)13-32(19)22(33)34-20-7-23(8-20)14-30(15-23)11-16-4-2-1-3-5-16/h1-5,9-10,18-20H,6-8,11-15H2/t18-,19-/m1/s1. The first-order valence-corrected chi connectivity index (χ1v) is 11.7.